The van der Waals surface area contributed by atoms with Gasteiger partial charge in [0.15, 0.2) is 0 Å². The van der Waals surface area contributed by atoms with Crippen molar-refractivity contribution in [3.63, 3.8) is 0 Å². The number of rotatable bonds is 6. The van der Waals surface area contributed by atoms with E-state index < -0.39 is 17.4 Å². The number of nitrogens with one attached hydrogen (secondary N) is 1. The van der Waals surface area contributed by atoms with Gasteiger partial charge in [0.05, 0.1) is 6.10 Å². The molecule has 4 N–H and O–H groups in total. The van der Waals surface area contributed by atoms with E-state index in [-0.39, 0.29) is 29.9 Å². The first kappa shape index (κ1) is 17.3. The van der Waals surface area contributed by atoms with Gasteiger partial charge in [-0.3, -0.25) is 13.9 Å². The Hall–Kier alpha value is -1.76. The third-order valence-electron chi connectivity index (χ3n) is 3.39. The van der Waals surface area contributed by atoms with Crippen LogP contribution in [0, 0.1) is 11.8 Å². The highest BCUT2D eigenvalue weighted by molar-refractivity contribution is 5.60. The van der Waals surface area contributed by atoms with E-state index in [9.17, 15) is 14.7 Å². The summed E-state index contributed by atoms with van der Waals surface area (Å²) in [7, 11) is 1.42. The molecule has 0 aliphatic heterocycles. The fourth-order valence-electron chi connectivity index (χ4n) is 1.93. The molecule has 0 aromatic carbocycles. The maximum absolute atomic E-state index is 12.2. The number of anilines is 2. The van der Waals surface area contributed by atoms with Crippen LogP contribution in [-0.4, -0.2) is 26.9 Å². The number of aliphatic hydroxyl groups excluding tert-OH is 1. The molecule has 7 heteroatoms. The van der Waals surface area contributed by atoms with E-state index in [1.807, 2.05) is 27.7 Å². The Morgan fingerprint density at radius 2 is 1.81 bits per heavy atom. The molecule has 0 amide bonds. The first-order valence-electron chi connectivity index (χ1n) is 7.18. The summed E-state index contributed by atoms with van der Waals surface area (Å²) in [6.07, 6.45) is -0.598. The van der Waals surface area contributed by atoms with Crippen molar-refractivity contribution in [1.82, 2.24) is 9.13 Å². The second-order valence-corrected chi connectivity index (χ2v) is 6.10. The molecule has 1 atom stereocenters. The molecule has 1 rings (SSSR count). The van der Waals surface area contributed by atoms with Crippen LogP contribution in [0.3, 0.4) is 0 Å². The fourth-order valence-corrected chi connectivity index (χ4v) is 1.93. The van der Waals surface area contributed by atoms with Gasteiger partial charge in [0.1, 0.15) is 11.5 Å². The highest BCUT2D eigenvalue weighted by Crippen LogP contribution is 2.13. The second kappa shape index (κ2) is 6.80. The van der Waals surface area contributed by atoms with Crippen molar-refractivity contribution in [2.24, 2.45) is 18.9 Å². The minimum atomic E-state index is -0.598. The average Bonchev–Trinajstić information content (AvgIpc) is 2.40. The third kappa shape index (κ3) is 3.87. The standard InChI is InChI=1S/C14H26N4O3/c1-8(2)7-18-12(15)11(13(20)17(5)14(18)21)16-6-10(19)9(3)4/h8-10,16,19H,6-7,15H2,1-5H3. The van der Waals surface area contributed by atoms with Gasteiger partial charge >= 0.3 is 5.69 Å². The number of aromatic nitrogens is 2. The van der Waals surface area contributed by atoms with Crippen LogP contribution in [0.4, 0.5) is 11.5 Å². The first-order chi connectivity index (χ1) is 9.66. The molecule has 1 heterocycles. The summed E-state index contributed by atoms with van der Waals surface area (Å²) >= 11 is 0. The van der Waals surface area contributed by atoms with Crippen molar-refractivity contribution in [3.05, 3.63) is 20.8 Å². The summed E-state index contributed by atoms with van der Waals surface area (Å²) in [6, 6.07) is 0. The highest BCUT2D eigenvalue weighted by atomic mass is 16.3. The zero-order chi connectivity index (χ0) is 16.3. The second-order valence-electron chi connectivity index (χ2n) is 6.10. The maximum Gasteiger partial charge on any atom is 0.332 e. The van der Waals surface area contributed by atoms with Crippen molar-refractivity contribution in [1.29, 1.82) is 0 Å². The van der Waals surface area contributed by atoms with Crippen molar-refractivity contribution >= 4 is 11.5 Å². The van der Waals surface area contributed by atoms with Gasteiger partial charge in [-0.25, -0.2) is 4.79 Å². The van der Waals surface area contributed by atoms with Crippen LogP contribution in [0.25, 0.3) is 0 Å². The normalized spacial score (nSPS) is 13.0. The minimum Gasteiger partial charge on any atom is -0.391 e. The topological polar surface area (TPSA) is 102 Å². The predicted octanol–water partition coefficient (Wildman–Crippen LogP) is 0.214. The number of nitrogens with two attached hydrogens (primary N) is 1. The van der Waals surface area contributed by atoms with Crippen molar-refractivity contribution in [2.75, 3.05) is 17.6 Å². The van der Waals surface area contributed by atoms with Crippen LogP contribution < -0.4 is 22.3 Å². The Balaban J connectivity index is 3.23. The molecule has 0 aliphatic carbocycles. The molecule has 1 aromatic heterocycles. The zero-order valence-corrected chi connectivity index (χ0v) is 13.4. The summed E-state index contributed by atoms with van der Waals surface area (Å²) in [5, 5.41) is 12.7. The summed E-state index contributed by atoms with van der Waals surface area (Å²) in [4.78, 5) is 24.3. The lowest BCUT2D eigenvalue weighted by Gasteiger charge is -2.19. The molecule has 0 fully saturated rings. The van der Waals surface area contributed by atoms with Gasteiger partial charge in [0.2, 0.25) is 0 Å². The molecule has 21 heavy (non-hydrogen) atoms. The van der Waals surface area contributed by atoms with E-state index in [4.69, 9.17) is 5.73 Å². The van der Waals surface area contributed by atoms with Crippen LogP contribution in [0.2, 0.25) is 0 Å². The largest absolute Gasteiger partial charge is 0.391 e. The van der Waals surface area contributed by atoms with Crippen LogP contribution >= 0.6 is 0 Å². The molecule has 0 saturated heterocycles. The fraction of sp³-hybridized carbons (Fsp3) is 0.714. The zero-order valence-electron chi connectivity index (χ0n) is 13.4. The first-order valence-corrected chi connectivity index (χ1v) is 7.18. The molecule has 0 spiro atoms. The van der Waals surface area contributed by atoms with Gasteiger partial charge in [-0.05, 0) is 11.8 Å². The van der Waals surface area contributed by atoms with E-state index in [1.54, 1.807) is 0 Å². The highest BCUT2D eigenvalue weighted by Gasteiger charge is 2.17. The smallest absolute Gasteiger partial charge is 0.332 e. The van der Waals surface area contributed by atoms with E-state index in [2.05, 4.69) is 5.32 Å². The summed E-state index contributed by atoms with van der Waals surface area (Å²) in [5.74, 6) is 0.397. The number of nitrogens with zero attached hydrogens (tertiary/aromatic N) is 2. The molecule has 0 saturated carbocycles. The Labute approximate surface area is 124 Å². The lowest BCUT2D eigenvalue weighted by Crippen LogP contribution is -2.42. The molecule has 1 unspecified atom stereocenters. The van der Waals surface area contributed by atoms with Gasteiger partial charge in [-0.1, -0.05) is 27.7 Å². The maximum atomic E-state index is 12.2. The number of hydrogen-bond acceptors (Lipinski definition) is 5. The Morgan fingerprint density at radius 3 is 2.29 bits per heavy atom. The summed E-state index contributed by atoms with van der Waals surface area (Å²) in [6.45, 7) is 8.33. The summed E-state index contributed by atoms with van der Waals surface area (Å²) < 4.78 is 2.42. The van der Waals surface area contributed by atoms with Crippen LogP contribution in [0.1, 0.15) is 27.7 Å². The lowest BCUT2D eigenvalue weighted by atomic mass is 10.1. The monoisotopic (exact) mass is 298 g/mol. The Morgan fingerprint density at radius 1 is 1.24 bits per heavy atom. The van der Waals surface area contributed by atoms with E-state index in [1.165, 1.54) is 11.6 Å². The molecular weight excluding hydrogens is 272 g/mol. The van der Waals surface area contributed by atoms with E-state index >= 15 is 0 Å². The number of hydrogen-bond donors (Lipinski definition) is 3. The van der Waals surface area contributed by atoms with Gasteiger partial charge in [0.25, 0.3) is 5.56 Å². The van der Waals surface area contributed by atoms with Gasteiger partial charge in [-0.15, -0.1) is 0 Å². The van der Waals surface area contributed by atoms with Crippen LogP contribution in [0.15, 0.2) is 9.59 Å². The Bertz CT molecular complexity index is 601. The lowest BCUT2D eigenvalue weighted by molar-refractivity contribution is 0.138. The molecule has 120 valence electrons. The average molecular weight is 298 g/mol. The molecule has 7 nitrogen and oxygen atoms in total. The number of aliphatic hydroxyl groups is 1. The number of nitrogen functional groups attached to an aromatic ring is 1. The molecule has 0 bridgehead atoms. The van der Waals surface area contributed by atoms with E-state index in [0.717, 1.165) is 4.57 Å². The van der Waals surface area contributed by atoms with Gasteiger partial charge in [0, 0.05) is 20.1 Å². The van der Waals surface area contributed by atoms with E-state index in [0.29, 0.717) is 6.54 Å². The quantitative estimate of drug-likeness (QED) is 0.697. The molecule has 1 aromatic rings. The third-order valence-corrected chi connectivity index (χ3v) is 3.39. The molecular formula is C14H26N4O3. The Kier molecular flexibility index (Phi) is 5.60. The van der Waals surface area contributed by atoms with Crippen LogP contribution in [-0.2, 0) is 13.6 Å². The SMILES string of the molecule is CC(C)Cn1c(N)c(NCC(O)C(C)C)c(=O)n(C)c1=O. The van der Waals surface area contributed by atoms with Gasteiger partial charge in [-0.2, -0.15) is 0 Å². The van der Waals surface area contributed by atoms with Crippen molar-refractivity contribution in [2.45, 2.75) is 40.3 Å². The van der Waals surface area contributed by atoms with Crippen LogP contribution in [0.5, 0.6) is 0 Å². The predicted molar refractivity (Wildman–Crippen MR) is 84.5 cm³/mol. The minimum absolute atomic E-state index is 0.0594. The molecule has 0 aliphatic rings. The van der Waals surface area contributed by atoms with Gasteiger partial charge < -0.3 is 16.2 Å². The van der Waals surface area contributed by atoms with Crippen molar-refractivity contribution < 1.29 is 5.11 Å². The molecule has 0 radical (unpaired) electrons. The summed E-state index contributed by atoms with van der Waals surface area (Å²) in [5.41, 5.74) is 5.23. The van der Waals surface area contributed by atoms with Crippen molar-refractivity contribution in [3.8, 4) is 0 Å².